The van der Waals surface area contributed by atoms with E-state index in [4.69, 9.17) is 9.47 Å². The molecule has 0 spiro atoms. The molecule has 1 saturated heterocycles. The Labute approximate surface area is 557 Å². The van der Waals surface area contributed by atoms with E-state index in [2.05, 4.69) is 67.8 Å². The first-order valence-corrected chi connectivity index (χ1v) is 39.5. The van der Waals surface area contributed by atoms with Crippen LogP contribution in [-0.4, -0.2) is 87.5 Å². The van der Waals surface area contributed by atoms with Crippen LogP contribution in [0.5, 0.6) is 0 Å². The number of allylic oxidation sites excluding steroid dienone is 9. The smallest absolute Gasteiger partial charge is 0.220 e. The van der Waals surface area contributed by atoms with Gasteiger partial charge in [0.25, 0.3) is 0 Å². The Hall–Kier alpha value is -2.11. The van der Waals surface area contributed by atoms with Gasteiger partial charge in [0.1, 0.15) is 24.4 Å². The molecule has 0 saturated carbocycles. The monoisotopic (exact) mass is 1270 g/mol. The molecule has 0 aromatic heterocycles. The van der Waals surface area contributed by atoms with E-state index in [1.807, 2.05) is 6.08 Å². The Morgan fingerprint density at radius 2 is 0.667 bits per heavy atom. The molecule has 0 bridgehead atoms. The molecule has 9 nitrogen and oxygen atoms in total. The Morgan fingerprint density at radius 1 is 0.378 bits per heavy atom. The van der Waals surface area contributed by atoms with E-state index in [9.17, 15) is 30.3 Å². The van der Waals surface area contributed by atoms with Gasteiger partial charge in [-0.2, -0.15) is 0 Å². The van der Waals surface area contributed by atoms with E-state index < -0.39 is 49.5 Å². The number of ether oxygens (including phenoxy) is 2. The van der Waals surface area contributed by atoms with Crippen LogP contribution in [0, 0.1) is 0 Å². The molecule has 7 unspecified atom stereocenters. The van der Waals surface area contributed by atoms with E-state index in [1.165, 1.54) is 321 Å². The molecular formula is C81H151NO8. The molecule has 1 aliphatic heterocycles. The van der Waals surface area contributed by atoms with Gasteiger partial charge in [-0.3, -0.25) is 4.79 Å². The standard InChI is InChI=1S/C81H151NO8/c1-3-5-7-9-11-13-15-17-19-21-23-25-27-29-31-33-34-35-36-37-38-39-40-41-42-43-45-47-49-51-53-55-57-59-61-63-65-67-69-71-77(85)82-74(73-89-81-80(88)79(87)78(86)76(72-83)90-81)75(84)70-68-66-64-62-60-58-56-54-52-50-48-46-44-32-30-28-26-24-22-20-18-16-14-12-10-8-6-4-2/h15,17,21,23,27,29,60,62,68,70,74-76,78-81,83-84,86-88H,3-14,16,18-20,22,24-26,28,30-59,61,63-67,69,71-73H2,1-2H3,(H,82,85)/b17-15-,23-21-,29-27-,62-60+,70-68+. The fourth-order valence-electron chi connectivity index (χ4n) is 12.7. The van der Waals surface area contributed by atoms with Gasteiger partial charge in [-0.25, -0.2) is 0 Å². The van der Waals surface area contributed by atoms with Crippen molar-refractivity contribution in [2.45, 2.75) is 436 Å². The maximum atomic E-state index is 13.2. The molecule has 6 N–H and O–H groups in total. The lowest BCUT2D eigenvalue weighted by Crippen LogP contribution is -2.60. The van der Waals surface area contributed by atoms with Crippen LogP contribution >= 0.6 is 0 Å². The molecule has 0 aromatic carbocycles. The summed E-state index contributed by atoms with van der Waals surface area (Å²) in [6.45, 7) is 3.81. The molecule has 9 heteroatoms. The lowest BCUT2D eigenvalue weighted by molar-refractivity contribution is -0.302. The average Bonchev–Trinajstić information content (AvgIpc) is 2.75. The van der Waals surface area contributed by atoms with Crippen molar-refractivity contribution in [3.63, 3.8) is 0 Å². The van der Waals surface area contributed by atoms with Crippen LogP contribution in [0.2, 0.25) is 0 Å². The van der Waals surface area contributed by atoms with Crippen molar-refractivity contribution in [3.8, 4) is 0 Å². The normalized spacial score (nSPS) is 18.1. The molecule has 528 valence electrons. The van der Waals surface area contributed by atoms with Gasteiger partial charge >= 0.3 is 0 Å². The van der Waals surface area contributed by atoms with Gasteiger partial charge < -0.3 is 40.3 Å². The van der Waals surface area contributed by atoms with Crippen molar-refractivity contribution in [1.29, 1.82) is 0 Å². The molecule has 90 heavy (non-hydrogen) atoms. The highest BCUT2D eigenvalue weighted by molar-refractivity contribution is 5.76. The molecule has 0 aromatic rings. The van der Waals surface area contributed by atoms with Crippen LogP contribution in [0.4, 0.5) is 0 Å². The largest absolute Gasteiger partial charge is 0.394 e. The summed E-state index contributed by atoms with van der Waals surface area (Å²) in [5.74, 6) is -0.179. The molecule has 1 aliphatic rings. The number of rotatable bonds is 70. The van der Waals surface area contributed by atoms with Crippen molar-refractivity contribution in [3.05, 3.63) is 60.8 Å². The second kappa shape index (κ2) is 69.7. The summed E-state index contributed by atoms with van der Waals surface area (Å²) in [4.78, 5) is 13.2. The fraction of sp³-hybridized carbons (Fsp3) is 0.864. The first-order valence-electron chi connectivity index (χ1n) is 39.5. The maximum absolute atomic E-state index is 13.2. The van der Waals surface area contributed by atoms with Crippen molar-refractivity contribution < 1.29 is 39.8 Å². The lowest BCUT2D eigenvalue weighted by Gasteiger charge is -2.40. The minimum absolute atomic E-state index is 0.179. The van der Waals surface area contributed by atoms with Crippen molar-refractivity contribution in [2.24, 2.45) is 0 Å². The maximum Gasteiger partial charge on any atom is 0.220 e. The minimum atomic E-state index is -1.57. The number of carbonyl (C=O) groups excluding carboxylic acids is 1. The van der Waals surface area contributed by atoms with Gasteiger partial charge in [-0.1, -0.05) is 376 Å². The van der Waals surface area contributed by atoms with Crippen LogP contribution in [0.15, 0.2) is 60.8 Å². The zero-order valence-corrected chi connectivity index (χ0v) is 59.4. The summed E-state index contributed by atoms with van der Waals surface area (Å²) in [5, 5.41) is 54.9. The number of hydrogen-bond acceptors (Lipinski definition) is 8. The molecule has 7 atom stereocenters. The number of unbranched alkanes of at least 4 members (excludes halogenated alkanes) is 52. The van der Waals surface area contributed by atoms with Gasteiger partial charge in [-0.05, 0) is 70.6 Å². The molecule has 1 rings (SSSR count). The Balaban J connectivity index is 2.07. The van der Waals surface area contributed by atoms with Gasteiger partial charge in [0.2, 0.25) is 5.91 Å². The topological polar surface area (TPSA) is 149 Å². The van der Waals surface area contributed by atoms with E-state index in [-0.39, 0.29) is 12.5 Å². The van der Waals surface area contributed by atoms with Crippen molar-refractivity contribution in [1.82, 2.24) is 5.32 Å². The van der Waals surface area contributed by atoms with Gasteiger partial charge in [0.15, 0.2) is 6.29 Å². The number of carbonyl (C=O) groups is 1. The highest BCUT2D eigenvalue weighted by atomic mass is 16.7. The molecule has 0 aliphatic carbocycles. The molecular weight excluding hydrogens is 1110 g/mol. The molecule has 1 amide bonds. The zero-order chi connectivity index (χ0) is 64.9. The number of amides is 1. The summed E-state index contributed by atoms with van der Waals surface area (Å²) in [6, 6.07) is -0.824. The zero-order valence-electron chi connectivity index (χ0n) is 59.4. The summed E-state index contributed by atoms with van der Waals surface area (Å²) in [7, 11) is 0. The quantitative estimate of drug-likeness (QED) is 0.0261. The minimum Gasteiger partial charge on any atom is -0.394 e. The fourth-order valence-corrected chi connectivity index (χ4v) is 12.7. The molecule has 1 heterocycles. The van der Waals surface area contributed by atoms with Crippen LogP contribution in [0.1, 0.15) is 393 Å². The highest BCUT2D eigenvalue weighted by Gasteiger charge is 2.44. The second-order valence-corrected chi connectivity index (χ2v) is 27.5. The first-order chi connectivity index (χ1) is 44.3. The van der Waals surface area contributed by atoms with E-state index in [0.717, 1.165) is 51.4 Å². The van der Waals surface area contributed by atoms with Crippen LogP contribution < -0.4 is 5.32 Å². The van der Waals surface area contributed by atoms with Gasteiger partial charge in [0.05, 0.1) is 25.4 Å². The summed E-state index contributed by atoms with van der Waals surface area (Å²) >= 11 is 0. The van der Waals surface area contributed by atoms with Crippen LogP contribution in [0.25, 0.3) is 0 Å². The molecule has 1 fully saturated rings. The highest BCUT2D eigenvalue weighted by Crippen LogP contribution is 2.24. The van der Waals surface area contributed by atoms with E-state index in [1.54, 1.807) is 6.08 Å². The summed E-state index contributed by atoms with van der Waals surface area (Å²) in [5.41, 5.74) is 0. The lowest BCUT2D eigenvalue weighted by atomic mass is 9.99. The third kappa shape index (κ3) is 57.3. The number of aliphatic hydroxyl groups is 5. The first kappa shape index (κ1) is 85.9. The third-order valence-electron chi connectivity index (χ3n) is 18.8. The predicted molar refractivity (Wildman–Crippen MR) is 387 cm³/mol. The third-order valence-corrected chi connectivity index (χ3v) is 18.8. The Kier molecular flexibility index (Phi) is 66.5. The molecule has 0 radical (unpaired) electrons. The van der Waals surface area contributed by atoms with Crippen LogP contribution in [-0.2, 0) is 14.3 Å². The Morgan fingerprint density at radius 3 is 1.01 bits per heavy atom. The average molecular weight is 1270 g/mol. The summed E-state index contributed by atoms with van der Waals surface area (Å²) < 4.78 is 11.3. The number of aliphatic hydroxyl groups excluding tert-OH is 5. The predicted octanol–water partition coefficient (Wildman–Crippen LogP) is 22.5. The second-order valence-electron chi connectivity index (χ2n) is 27.5. The van der Waals surface area contributed by atoms with Crippen molar-refractivity contribution in [2.75, 3.05) is 13.2 Å². The Bertz CT molecular complexity index is 1610. The van der Waals surface area contributed by atoms with E-state index in [0.29, 0.717) is 6.42 Å². The number of hydrogen-bond donors (Lipinski definition) is 6. The van der Waals surface area contributed by atoms with Crippen molar-refractivity contribution >= 4 is 5.91 Å². The van der Waals surface area contributed by atoms with Gasteiger partial charge in [0, 0.05) is 6.42 Å². The van der Waals surface area contributed by atoms with Gasteiger partial charge in [-0.15, -0.1) is 0 Å². The SMILES string of the molecule is CCCCCCC/C=C\C/C=C\C/C=C\CCCCCCCCCCCCCCCCCCCCCCCCCCC(=O)NC(COC1OC(CO)C(O)C(O)C1O)C(O)/C=C/CC/C=C/CCCCCCCCCCCCCCCCCCCCCCCC. The number of nitrogens with one attached hydrogen (secondary N) is 1. The van der Waals surface area contributed by atoms with E-state index >= 15 is 0 Å². The summed E-state index contributed by atoms with van der Waals surface area (Å²) in [6.07, 6.45) is 90.9. The van der Waals surface area contributed by atoms with Crippen LogP contribution in [0.3, 0.4) is 0 Å².